The number of aliphatic hydroxyl groups is 1. The average Bonchev–Trinajstić information content (AvgIpc) is 2.96. The number of rotatable bonds is 4. The highest BCUT2D eigenvalue weighted by Gasteiger charge is 2.32. The highest BCUT2D eigenvalue weighted by molar-refractivity contribution is 5.77. The van der Waals surface area contributed by atoms with Crippen molar-refractivity contribution < 1.29 is 14.3 Å². The minimum Gasteiger partial charge on any atom is -0.497 e. The summed E-state index contributed by atoms with van der Waals surface area (Å²) in [5, 5.41) is 10.7. The molecule has 0 spiro atoms. The van der Waals surface area contributed by atoms with Crippen molar-refractivity contribution in [3.63, 3.8) is 0 Å². The summed E-state index contributed by atoms with van der Waals surface area (Å²) in [7, 11) is 1.64. The zero-order valence-electron chi connectivity index (χ0n) is 12.9. The van der Waals surface area contributed by atoms with E-state index < -0.39 is 5.60 Å². The Morgan fingerprint density at radius 1 is 1.14 bits per heavy atom. The summed E-state index contributed by atoms with van der Waals surface area (Å²) >= 11 is 0. The lowest BCUT2D eigenvalue weighted by molar-refractivity contribution is 0.0628. The molecule has 4 heteroatoms. The molecular formula is C18H19NO3. The van der Waals surface area contributed by atoms with Crippen LogP contribution in [-0.4, -0.2) is 22.8 Å². The molecule has 1 unspecified atom stereocenters. The van der Waals surface area contributed by atoms with Crippen LogP contribution in [0, 0.1) is 0 Å². The molecule has 0 aliphatic carbocycles. The van der Waals surface area contributed by atoms with Crippen molar-refractivity contribution in [3.8, 4) is 5.75 Å². The summed E-state index contributed by atoms with van der Waals surface area (Å²) in [5.41, 5.74) is 2.48. The van der Waals surface area contributed by atoms with Gasteiger partial charge < -0.3 is 14.3 Å². The van der Waals surface area contributed by atoms with Crippen LogP contribution in [0.3, 0.4) is 0 Å². The Hall–Kier alpha value is -2.33. The Morgan fingerprint density at radius 2 is 1.86 bits per heavy atom. The van der Waals surface area contributed by atoms with Gasteiger partial charge in [-0.1, -0.05) is 12.1 Å². The quantitative estimate of drug-likeness (QED) is 0.797. The predicted molar refractivity (Wildman–Crippen MR) is 85.1 cm³/mol. The number of fused-ring (bicyclic) bond motifs is 1. The third kappa shape index (κ3) is 2.57. The minimum atomic E-state index is -0.949. The van der Waals surface area contributed by atoms with E-state index in [0.29, 0.717) is 5.58 Å². The lowest BCUT2D eigenvalue weighted by Crippen LogP contribution is -2.30. The van der Waals surface area contributed by atoms with Crippen molar-refractivity contribution in [1.82, 2.24) is 4.98 Å². The molecule has 4 nitrogen and oxygen atoms in total. The second-order valence-corrected chi connectivity index (χ2v) is 5.89. The number of pyridine rings is 1. The van der Waals surface area contributed by atoms with Crippen LogP contribution in [0.15, 0.2) is 53.3 Å². The summed E-state index contributed by atoms with van der Waals surface area (Å²) < 4.78 is 10.8. The van der Waals surface area contributed by atoms with Gasteiger partial charge >= 0.3 is 0 Å². The summed E-state index contributed by atoms with van der Waals surface area (Å²) in [6.45, 7) is 3.61. The van der Waals surface area contributed by atoms with E-state index in [4.69, 9.17) is 9.15 Å². The molecule has 1 aromatic carbocycles. The maximum atomic E-state index is 10.7. The first-order chi connectivity index (χ1) is 10.5. The SMILES string of the molecule is COc1ccc(C(c2ccnc3ccoc23)C(C)(C)O)cc1. The third-order valence-corrected chi connectivity index (χ3v) is 3.84. The van der Waals surface area contributed by atoms with Crippen LogP contribution < -0.4 is 4.74 Å². The second-order valence-electron chi connectivity index (χ2n) is 5.89. The van der Waals surface area contributed by atoms with E-state index in [1.165, 1.54) is 0 Å². The third-order valence-electron chi connectivity index (χ3n) is 3.84. The van der Waals surface area contributed by atoms with Crippen molar-refractivity contribution in [2.45, 2.75) is 25.4 Å². The number of furan rings is 1. The lowest BCUT2D eigenvalue weighted by atomic mass is 9.79. The molecular weight excluding hydrogens is 278 g/mol. The number of nitrogens with zero attached hydrogens (tertiary/aromatic N) is 1. The Balaban J connectivity index is 2.16. The van der Waals surface area contributed by atoms with Crippen molar-refractivity contribution in [2.24, 2.45) is 0 Å². The van der Waals surface area contributed by atoms with E-state index in [9.17, 15) is 5.11 Å². The van der Waals surface area contributed by atoms with Crippen molar-refractivity contribution in [1.29, 1.82) is 0 Å². The number of hydrogen-bond acceptors (Lipinski definition) is 4. The van der Waals surface area contributed by atoms with Crippen molar-refractivity contribution >= 4 is 11.1 Å². The van der Waals surface area contributed by atoms with Gasteiger partial charge in [-0.25, -0.2) is 0 Å². The fourth-order valence-electron chi connectivity index (χ4n) is 2.89. The molecule has 3 rings (SSSR count). The highest BCUT2D eigenvalue weighted by Crippen LogP contribution is 2.38. The highest BCUT2D eigenvalue weighted by atomic mass is 16.5. The van der Waals surface area contributed by atoms with Gasteiger partial charge in [-0.15, -0.1) is 0 Å². The maximum Gasteiger partial charge on any atom is 0.156 e. The molecule has 0 bridgehead atoms. The van der Waals surface area contributed by atoms with E-state index >= 15 is 0 Å². The molecule has 0 saturated carbocycles. The van der Waals surface area contributed by atoms with Gasteiger partial charge in [0.15, 0.2) is 5.58 Å². The summed E-state index contributed by atoms with van der Waals surface area (Å²) in [5.74, 6) is 0.561. The second kappa shape index (κ2) is 5.46. The maximum absolute atomic E-state index is 10.7. The van der Waals surface area contributed by atoms with Gasteiger partial charge in [-0.2, -0.15) is 0 Å². The smallest absolute Gasteiger partial charge is 0.156 e. The van der Waals surface area contributed by atoms with E-state index in [1.54, 1.807) is 33.4 Å². The van der Waals surface area contributed by atoms with Gasteiger partial charge in [0.25, 0.3) is 0 Å². The predicted octanol–water partition coefficient (Wildman–Crippen LogP) is 3.74. The fourth-order valence-corrected chi connectivity index (χ4v) is 2.89. The molecule has 1 N–H and O–H groups in total. The van der Waals surface area contributed by atoms with Crippen LogP contribution in [0.2, 0.25) is 0 Å². The number of ether oxygens (including phenoxy) is 1. The first-order valence-corrected chi connectivity index (χ1v) is 7.19. The van der Waals surface area contributed by atoms with Crippen LogP contribution in [0.4, 0.5) is 0 Å². The number of methoxy groups -OCH3 is 1. The summed E-state index contributed by atoms with van der Waals surface area (Å²) in [4.78, 5) is 4.29. The molecule has 0 aliphatic heterocycles. The number of benzene rings is 1. The number of aromatic nitrogens is 1. The van der Waals surface area contributed by atoms with Gasteiger partial charge in [-0.05, 0) is 37.6 Å². The Morgan fingerprint density at radius 3 is 2.50 bits per heavy atom. The van der Waals surface area contributed by atoms with Crippen molar-refractivity contribution in [2.75, 3.05) is 7.11 Å². The van der Waals surface area contributed by atoms with Gasteiger partial charge in [-0.3, -0.25) is 4.98 Å². The van der Waals surface area contributed by atoms with Crippen LogP contribution in [0.5, 0.6) is 5.75 Å². The van der Waals surface area contributed by atoms with Gasteiger partial charge in [0, 0.05) is 23.7 Å². The van der Waals surface area contributed by atoms with Crippen LogP contribution in [0.1, 0.15) is 30.9 Å². The number of hydrogen-bond donors (Lipinski definition) is 1. The molecule has 0 aliphatic rings. The summed E-state index contributed by atoms with van der Waals surface area (Å²) in [6, 6.07) is 11.5. The van der Waals surface area contributed by atoms with Crippen molar-refractivity contribution in [3.05, 3.63) is 60.0 Å². The zero-order chi connectivity index (χ0) is 15.7. The molecule has 22 heavy (non-hydrogen) atoms. The van der Waals surface area contributed by atoms with Crippen LogP contribution in [-0.2, 0) is 0 Å². The monoisotopic (exact) mass is 297 g/mol. The molecule has 2 aromatic heterocycles. The first-order valence-electron chi connectivity index (χ1n) is 7.19. The lowest BCUT2D eigenvalue weighted by Gasteiger charge is -2.30. The van der Waals surface area contributed by atoms with Crippen LogP contribution in [0.25, 0.3) is 11.1 Å². The molecule has 2 heterocycles. The Bertz CT molecular complexity index is 769. The first kappa shape index (κ1) is 14.6. The van der Waals surface area contributed by atoms with E-state index in [-0.39, 0.29) is 5.92 Å². The molecule has 1 atom stereocenters. The van der Waals surface area contributed by atoms with Gasteiger partial charge in [0.2, 0.25) is 0 Å². The molecule has 0 fully saturated rings. The molecule has 0 radical (unpaired) electrons. The minimum absolute atomic E-state index is 0.227. The van der Waals surface area contributed by atoms with E-state index in [1.807, 2.05) is 36.4 Å². The molecule has 0 saturated heterocycles. The summed E-state index contributed by atoms with van der Waals surface area (Å²) in [6.07, 6.45) is 3.37. The van der Waals surface area contributed by atoms with Gasteiger partial charge in [0.05, 0.1) is 19.0 Å². The van der Waals surface area contributed by atoms with Crippen LogP contribution >= 0.6 is 0 Å². The Kier molecular flexibility index (Phi) is 3.62. The van der Waals surface area contributed by atoms with E-state index in [0.717, 1.165) is 22.4 Å². The standard InChI is InChI=1S/C18H19NO3/c1-18(2,20)16(12-4-6-13(21-3)7-5-12)14-8-10-19-15-9-11-22-17(14)15/h4-11,16,20H,1-3H3. The molecule has 0 amide bonds. The van der Waals surface area contributed by atoms with Gasteiger partial charge in [0.1, 0.15) is 11.3 Å². The Labute approximate surface area is 129 Å². The molecule has 114 valence electrons. The largest absolute Gasteiger partial charge is 0.497 e. The topological polar surface area (TPSA) is 55.5 Å². The normalized spacial score (nSPS) is 13.3. The zero-order valence-corrected chi connectivity index (χ0v) is 12.9. The van der Waals surface area contributed by atoms with E-state index in [2.05, 4.69) is 4.98 Å². The molecule has 3 aromatic rings. The average molecular weight is 297 g/mol. The fraction of sp³-hybridized carbons (Fsp3) is 0.278.